The van der Waals surface area contributed by atoms with E-state index in [1.54, 1.807) is 53.9 Å². The molecule has 2 aromatic carbocycles. The van der Waals surface area contributed by atoms with Crippen LogP contribution in [0, 0.1) is 0 Å². The van der Waals surface area contributed by atoms with Crippen molar-refractivity contribution in [3.05, 3.63) is 69.7 Å². The van der Waals surface area contributed by atoms with Gasteiger partial charge >= 0.3 is 6.03 Å². The zero-order valence-corrected chi connectivity index (χ0v) is 15.5. The number of halogens is 2. The van der Waals surface area contributed by atoms with Gasteiger partial charge in [-0.1, -0.05) is 23.2 Å². The van der Waals surface area contributed by atoms with Crippen LogP contribution in [-0.4, -0.2) is 16.9 Å². The van der Waals surface area contributed by atoms with Crippen LogP contribution in [0.5, 0.6) is 0 Å². The number of aromatic nitrogens is 1. The number of urea groups is 1. The standard InChI is InChI=1S/C17H12Cl2N4O2S/c18-10-1-5-12(6-2-10)20-15(24)14-9-26-17(22-14)23-16(25)21-13-7-3-11(19)4-8-13/h1-9H,(H,20,24)(H2,21,22,23,25). The van der Waals surface area contributed by atoms with Gasteiger partial charge in [-0.25, -0.2) is 9.78 Å². The summed E-state index contributed by atoms with van der Waals surface area (Å²) in [7, 11) is 0. The van der Waals surface area contributed by atoms with Crippen molar-refractivity contribution in [3.8, 4) is 0 Å². The topological polar surface area (TPSA) is 83.1 Å². The normalized spacial score (nSPS) is 10.2. The molecule has 0 saturated heterocycles. The maximum absolute atomic E-state index is 12.2. The molecule has 3 aromatic rings. The van der Waals surface area contributed by atoms with E-state index in [1.807, 2.05) is 0 Å². The van der Waals surface area contributed by atoms with Crippen molar-refractivity contribution in [1.82, 2.24) is 4.98 Å². The molecule has 0 radical (unpaired) electrons. The average Bonchev–Trinajstić information content (AvgIpc) is 3.07. The molecule has 6 nitrogen and oxygen atoms in total. The maximum Gasteiger partial charge on any atom is 0.325 e. The van der Waals surface area contributed by atoms with Crippen LogP contribution in [0.15, 0.2) is 53.9 Å². The second kappa shape index (κ2) is 8.18. The van der Waals surface area contributed by atoms with Crippen molar-refractivity contribution in [2.75, 3.05) is 16.0 Å². The summed E-state index contributed by atoms with van der Waals surface area (Å²) in [6, 6.07) is 12.9. The second-order valence-corrected chi connectivity index (χ2v) is 6.82. The summed E-state index contributed by atoms with van der Waals surface area (Å²) in [5.41, 5.74) is 1.39. The van der Waals surface area contributed by atoms with Crippen LogP contribution in [0.2, 0.25) is 10.0 Å². The van der Waals surface area contributed by atoms with E-state index in [2.05, 4.69) is 20.9 Å². The smallest absolute Gasteiger partial charge is 0.321 e. The average molecular weight is 407 g/mol. The molecule has 26 heavy (non-hydrogen) atoms. The van der Waals surface area contributed by atoms with Crippen LogP contribution in [0.3, 0.4) is 0 Å². The van der Waals surface area contributed by atoms with E-state index < -0.39 is 6.03 Å². The van der Waals surface area contributed by atoms with Crippen LogP contribution >= 0.6 is 34.5 Å². The summed E-state index contributed by atoms with van der Waals surface area (Å²) in [5, 5.41) is 10.9. The molecule has 0 saturated carbocycles. The monoisotopic (exact) mass is 406 g/mol. The first-order valence-corrected chi connectivity index (χ1v) is 8.99. The fraction of sp³-hybridized carbons (Fsp3) is 0. The first-order valence-electron chi connectivity index (χ1n) is 7.35. The molecule has 0 fully saturated rings. The summed E-state index contributed by atoms with van der Waals surface area (Å²) in [6.45, 7) is 0. The van der Waals surface area contributed by atoms with Gasteiger partial charge in [-0.05, 0) is 48.5 Å². The lowest BCUT2D eigenvalue weighted by atomic mass is 10.3. The largest absolute Gasteiger partial charge is 0.325 e. The van der Waals surface area contributed by atoms with Crippen molar-refractivity contribution in [2.45, 2.75) is 0 Å². The number of rotatable bonds is 4. The number of benzene rings is 2. The third-order valence-corrected chi connectivity index (χ3v) is 4.42. The van der Waals surface area contributed by atoms with Crippen LogP contribution in [0.4, 0.5) is 21.3 Å². The Labute approximate surface area is 163 Å². The SMILES string of the molecule is O=C(Nc1ccc(Cl)cc1)Nc1nc(C(=O)Nc2ccc(Cl)cc2)cs1. The molecular weight excluding hydrogens is 395 g/mol. The van der Waals surface area contributed by atoms with Crippen molar-refractivity contribution in [1.29, 1.82) is 0 Å². The third-order valence-electron chi connectivity index (χ3n) is 3.16. The molecular formula is C17H12Cl2N4O2S. The number of nitrogens with one attached hydrogen (secondary N) is 3. The molecule has 3 N–H and O–H groups in total. The minimum Gasteiger partial charge on any atom is -0.321 e. The molecule has 0 bridgehead atoms. The lowest BCUT2D eigenvalue weighted by Gasteiger charge is -2.05. The number of hydrogen-bond acceptors (Lipinski definition) is 4. The van der Waals surface area contributed by atoms with Crippen molar-refractivity contribution in [3.63, 3.8) is 0 Å². The summed E-state index contributed by atoms with van der Waals surface area (Å²) in [4.78, 5) is 28.3. The minimum atomic E-state index is -0.466. The Morgan fingerprint density at radius 3 is 1.92 bits per heavy atom. The third kappa shape index (κ3) is 4.95. The molecule has 0 aliphatic rings. The Kier molecular flexibility index (Phi) is 5.72. The van der Waals surface area contributed by atoms with Gasteiger partial charge in [0.2, 0.25) is 0 Å². The first kappa shape index (κ1) is 18.2. The van der Waals surface area contributed by atoms with Gasteiger partial charge in [-0.15, -0.1) is 11.3 Å². The van der Waals surface area contributed by atoms with Crippen LogP contribution < -0.4 is 16.0 Å². The minimum absolute atomic E-state index is 0.201. The van der Waals surface area contributed by atoms with E-state index in [9.17, 15) is 9.59 Å². The molecule has 0 atom stereocenters. The number of anilines is 3. The molecule has 9 heteroatoms. The Balaban J connectivity index is 1.58. The second-order valence-electron chi connectivity index (χ2n) is 5.08. The van der Waals surface area contributed by atoms with Crippen LogP contribution in [0.1, 0.15) is 10.5 Å². The van der Waals surface area contributed by atoms with Crippen LogP contribution in [0.25, 0.3) is 0 Å². The summed E-state index contributed by atoms with van der Waals surface area (Å²) in [6.07, 6.45) is 0. The van der Waals surface area contributed by atoms with Gasteiger partial charge in [0, 0.05) is 26.8 Å². The van der Waals surface area contributed by atoms with Gasteiger partial charge in [0.1, 0.15) is 5.69 Å². The zero-order valence-electron chi connectivity index (χ0n) is 13.1. The first-order chi connectivity index (χ1) is 12.5. The van der Waals surface area contributed by atoms with E-state index in [-0.39, 0.29) is 11.6 Å². The Bertz CT molecular complexity index is 927. The lowest BCUT2D eigenvalue weighted by Crippen LogP contribution is -2.19. The highest BCUT2D eigenvalue weighted by molar-refractivity contribution is 7.14. The fourth-order valence-corrected chi connectivity index (χ4v) is 2.89. The number of thiazole rings is 1. The lowest BCUT2D eigenvalue weighted by molar-refractivity contribution is 0.102. The number of carbonyl (C=O) groups excluding carboxylic acids is 2. The van der Waals surface area contributed by atoms with Crippen LogP contribution in [-0.2, 0) is 0 Å². The van der Waals surface area contributed by atoms with Crippen molar-refractivity contribution < 1.29 is 9.59 Å². The highest BCUT2D eigenvalue weighted by Crippen LogP contribution is 2.19. The molecule has 1 heterocycles. The molecule has 0 aliphatic heterocycles. The highest BCUT2D eigenvalue weighted by atomic mass is 35.5. The quantitative estimate of drug-likeness (QED) is 0.546. The maximum atomic E-state index is 12.2. The van der Waals surface area contributed by atoms with Gasteiger partial charge in [0.15, 0.2) is 5.13 Å². The molecule has 0 unspecified atom stereocenters. The van der Waals surface area contributed by atoms with Gasteiger partial charge in [0.05, 0.1) is 0 Å². The van der Waals surface area contributed by atoms with Gasteiger partial charge in [-0.3, -0.25) is 10.1 Å². The zero-order chi connectivity index (χ0) is 18.5. The van der Waals surface area contributed by atoms with Gasteiger partial charge in [0.25, 0.3) is 5.91 Å². The van der Waals surface area contributed by atoms with Gasteiger partial charge in [-0.2, -0.15) is 0 Å². The van der Waals surface area contributed by atoms with E-state index in [0.717, 1.165) is 11.3 Å². The summed E-state index contributed by atoms with van der Waals surface area (Å²) < 4.78 is 0. The summed E-state index contributed by atoms with van der Waals surface area (Å²) >= 11 is 12.7. The fourth-order valence-electron chi connectivity index (χ4n) is 1.96. The van der Waals surface area contributed by atoms with E-state index >= 15 is 0 Å². The number of hydrogen-bond donors (Lipinski definition) is 3. The highest BCUT2D eigenvalue weighted by Gasteiger charge is 2.13. The van der Waals surface area contributed by atoms with Gasteiger partial charge < -0.3 is 10.6 Å². The Morgan fingerprint density at radius 2 is 1.35 bits per heavy atom. The molecule has 0 aliphatic carbocycles. The molecule has 3 rings (SSSR count). The van der Waals surface area contributed by atoms with E-state index in [0.29, 0.717) is 26.6 Å². The molecule has 132 valence electrons. The number of nitrogens with zero attached hydrogens (tertiary/aromatic N) is 1. The predicted octanol–water partition coefficient (Wildman–Crippen LogP) is 5.35. The van der Waals surface area contributed by atoms with E-state index in [4.69, 9.17) is 23.2 Å². The predicted molar refractivity (Wildman–Crippen MR) is 106 cm³/mol. The number of carbonyl (C=O) groups is 2. The number of amides is 3. The molecule has 1 aromatic heterocycles. The summed E-state index contributed by atoms with van der Waals surface area (Å²) in [5.74, 6) is -0.380. The van der Waals surface area contributed by atoms with Crippen molar-refractivity contribution in [2.24, 2.45) is 0 Å². The Hall–Kier alpha value is -2.61. The molecule has 3 amide bonds. The van der Waals surface area contributed by atoms with E-state index in [1.165, 1.54) is 0 Å². The Morgan fingerprint density at radius 1 is 0.808 bits per heavy atom. The van der Waals surface area contributed by atoms with Crippen molar-refractivity contribution >= 4 is 63.0 Å². The molecule has 0 spiro atoms.